The van der Waals surface area contributed by atoms with Crippen LogP contribution in [-0.2, 0) is 17.5 Å². The Bertz CT molecular complexity index is 914. The van der Waals surface area contributed by atoms with Gasteiger partial charge < -0.3 is 10.4 Å². The van der Waals surface area contributed by atoms with Crippen molar-refractivity contribution < 1.29 is 28.0 Å². The minimum atomic E-state index is -4.62. The Morgan fingerprint density at radius 2 is 1.96 bits per heavy atom. The molecule has 6 nitrogen and oxygen atoms in total. The Hall–Kier alpha value is -3.07. The van der Waals surface area contributed by atoms with Gasteiger partial charge in [0.15, 0.2) is 0 Å². The fourth-order valence-electron chi connectivity index (χ4n) is 2.10. The molecule has 0 aliphatic carbocycles. The Morgan fingerprint density at radius 1 is 1.26 bits per heavy atom. The number of carbonyl (C=O) groups excluding carboxylic acids is 1. The number of nitrogens with one attached hydrogen (secondary N) is 1. The largest absolute Gasteiger partial charge is 0.508 e. The number of nitro benzene ring substituents is 1. The summed E-state index contributed by atoms with van der Waals surface area (Å²) in [6.07, 6.45) is -2.46. The summed E-state index contributed by atoms with van der Waals surface area (Å²) in [5, 5.41) is 22.3. The second-order valence-electron chi connectivity index (χ2n) is 5.36. The van der Waals surface area contributed by atoms with Crippen molar-refractivity contribution in [1.82, 2.24) is 5.32 Å². The highest BCUT2D eigenvalue weighted by atomic mass is 35.5. The zero-order valence-corrected chi connectivity index (χ0v) is 14.2. The molecule has 0 aromatic heterocycles. The van der Waals surface area contributed by atoms with Crippen molar-refractivity contribution in [2.24, 2.45) is 0 Å². The Morgan fingerprint density at radius 3 is 2.59 bits per heavy atom. The molecule has 0 atom stereocenters. The van der Waals surface area contributed by atoms with Gasteiger partial charge in [0.1, 0.15) is 5.75 Å². The number of nitro groups is 1. The summed E-state index contributed by atoms with van der Waals surface area (Å²) in [6, 6.07) is 6.53. The number of hydrogen-bond donors (Lipinski definition) is 2. The first-order chi connectivity index (χ1) is 12.6. The van der Waals surface area contributed by atoms with Gasteiger partial charge in [0.05, 0.1) is 15.5 Å². The summed E-state index contributed by atoms with van der Waals surface area (Å²) < 4.78 is 38.4. The van der Waals surface area contributed by atoms with Crippen LogP contribution < -0.4 is 5.32 Å². The van der Waals surface area contributed by atoms with Crippen molar-refractivity contribution in [1.29, 1.82) is 0 Å². The highest BCUT2D eigenvalue weighted by molar-refractivity contribution is 6.31. The topological polar surface area (TPSA) is 92.5 Å². The SMILES string of the molecule is O=C(/C=C/c1ccc(Cl)c(C(F)(F)F)c1)NCc1cc([N+](=O)[O-])ccc1O. The first-order valence-corrected chi connectivity index (χ1v) is 7.74. The minimum Gasteiger partial charge on any atom is -0.508 e. The van der Waals surface area contributed by atoms with Gasteiger partial charge in [0, 0.05) is 30.3 Å². The molecule has 0 bridgehead atoms. The zero-order valence-electron chi connectivity index (χ0n) is 13.5. The van der Waals surface area contributed by atoms with Gasteiger partial charge >= 0.3 is 6.18 Å². The Labute approximate surface area is 156 Å². The predicted molar refractivity (Wildman–Crippen MR) is 92.1 cm³/mol. The third-order valence-corrected chi connectivity index (χ3v) is 3.78. The molecule has 0 spiro atoms. The number of alkyl halides is 3. The van der Waals surface area contributed by atoms with Crippen LogP contribution in [0.3, 0.4) is 0 Å². The predicted octanol–water partition coefficient (Wildman–Crippen LogP) is 4.30. The maximum atomic E-state index is 12.8. The molecule has 0 fully saturated rings. The summed E-state index contributed by atoms with van der Waals surface area (Å²) in [7, 11) is 0. The van der Waals surface area contributed by atoms with E-state index in [4.69, 9.17) is 11.6 Å². The molecule has 0 heterocycles. The average Bonchev–Trinajstić information content (AvgIpc) is 2.59. The molecule has 27 heavy (non-hydrogen) atoms. The minimum absolute atomic E-state index is 0.111. The molecule has 0 saturated carbocycles. The van der Waals surface area contributed by atoms with Gasteiger partial charge in [-0.3, -0.25) is 14.9 Å². The van der Waals surface area contributed by atoms with Crippen LogP contribution in [0.5, 0.6) is 5.75 Å². The number of phenolic OH excluding ortho intramolecular Hbond substituents is 1. The van der Waals surface area contributed by atoms with E-state index in [9.17, 15) is 33.2 Å². The molecular formula is C17H12ClF3N2O4. The third kappa shape index (κ3) is 5.45. The third-order valence-electron chi connectivity index (χ3n) is 3.45. The first-order valence-electron chi connectivity index (χ1n) is 7.37. The molecule has 0 saturated heterocycles. The van der Waals surface area contributed by atoms with Gasteiger partial charge in [-0.2, -0.15) is 13.2 Å². The number of nitrogens with zero attached hydrogens (tertiary/aromatic N) is 1. The normalized spacial score (nSPS) is 11.6. The lowest BCUT2D eigenvalue weighted by Crippen LogP contribution is -2.20. The van der Waals surface area contributed by atoms with Gasteiger partial charge in [-0.1, -0.05) is 17.7 Å². The molecule has 0 unspecified atom stereocenters. The summed E-state index contributed by atoms with van der Waals surface area (Å²) in [4.78, 5) is 21.9. The van der Waals surface area contributed by atoms with Crippen molar-refractivity contribution in [2.75, 3.05) is 0 Å². The van der Waals surface area contributed by atoms with Crippen LogP contribution in [0.4, 0.5) is 18.9 Å². The van der Waals surface area contributed by atoms with Crippen LogP contribution in [0.15, 0.2) is 42.5 Å². The number of carbonyl (C=O) groups is 1. The fraction of sp³-hybridized carbons (Fsp3) is 0.118. The second-order valence-corrected chi connectivity index (χ2v) is 5.77. The Balaban J connectivity index is 2.06. The molecule has 0 aliphatic heterocycles. The van der Waals surface area contributed by atoms with E-state index in [1.807, 2.05) is 0 Å². The number of rotatable bonds is 5. The molecule has 0 aliphatic rings. The van der Waals surface area contributed by atoms with Crippen LogP contribution in [0.25, 0.3) is 6.08 Å². The monoisotopic (exact) mass is 400 g/mol. The maximum Gasteiger partial charge on any atom is 0.417 e. The molecule has 10 heteroatoms. The highest BCUT2D eigenvalue weighted by Gasteiger charge is 2.33. The molecule has 2 aromatic carbocycles. The van der Waals surface area contributed by atoms with Gasteiger partial charge in [-0.05, 0) is 29.8 Å². The number of aromatic hydroxyl groups is 1. The van der Waals surface area contributed by atoms with E-state index in [1.165, 1.54) is 6.07 Å². The van der Waals surface area contributed by atoms with Gasteiger partial charge in [0.25, 0.3) is 5.69 Å². The van der Waals surface area contributed by atoms with E-state index >= 15 is 0 Å². The molecule has 1 amide bonds. The Kier molecular flexibility index (Phi) is 6.06. The van der Waals surface area contributed by atoms with Crippen LogP contribution >= 0.6 is 11.6 Å². The standard InChI is InChI=1S/C17H12ClF3N2O4/c18-14-4-1-10(7-13(14)17(19,20)21)2-6-16(25)22-9-11-8-12(23(26)27)3-5-15(11)24/h1-8,24H,9H2,(H,22,25)/b6-2+. The number of hydrogen-bond acceptors (Lipinski definition) is 4. The summed E-state index contributed by atoms with van der Waals surface area (Å²) >= 11 is 5.52. The first kappa shape index (κ1) is 20.2. The van der Waals surface area contributed by atoms with Gasteiger partial charge in [-0.15, -0.1) is 0 Å². The molecule has 2 aromatic rings. The van der Waals surface area contributed by atoms with Crippen molar-refractivity contribution in [3.8, 4) is 5.75 Å². The lowest BCUT2D eigenvalue weighted by Gasteiger charge is -2.09. The van der Waals surface area contributed by atoms with E-state index in [0.717, 1.165) is 42.5 Å². The lowest BCUT2D eigenvalue weighted by atomic mass is 10.1. The van der Waals surface area contributed by atoms with E-state index < -0.39 is 27.6 Å². The molecule has 142 valence electrons. The smallest absolute Gasteiger partial charge is 0.417 e. The van der Waals surface area contributed by atoms with E-state index in [0.29, 0.717) is 0 Å². The summed E-state index contributed by atoms with van der Waals surface area (Å²) in [5.41, 5.74) is -1.04. The maximum absolute atomic E-state index is 12.8. The quantitative estimate of drug-likeness (QED) is 0.444. The summed E-state index contributed by atoms with van der Waals surface area (Å²) in [5.74, 6) is -0.901. The molecule has 2 N–H and O–H groups in total. The van der Waals surface area contributed by atoms with Crippen LogP contribution in [0.2, 0.25) is 5.02 Å². The number of non-ortho nitro benzene ring substituents is 1. The van der Waals surface area contributed by atoms with E-state index in [1.54, 1.807) is 0 Å². The van der Waals surface area contributed by atoms with Crippen molar-refractivity contribution in [2.45, 2.75) is 12.7 Å². The molecule has 2 rings (SSSR count). The van der Waals surface area contributed by atoms with Crippen molar-refractivity contribution in [3.05, 3.63) is 74.3 Å². The van der Waals surface area contributed by atoms with Crippen LogP contribution in [-0.4, -0.2) is 15.9 Å². The van der Waals surface area contributed by atoms with E-state index in [2.05, 4.69) is 5.32 Å². The average molecular weight is 401 g/mol. The second kappa shape index (κ2) is 8.09. The van der Waals surface area contributed by atoms with Gasteiger partial charge in [-0.25, -0.2) is 0 Å². The van der Waals surface area contributed by atoms with Crippen LogP contribution in [0.1, 0.15) is 16.7 Å². The highest BCUT2D eigenvalue weighted by Crippen LogP contribution is 2.35. The zero-order chi connectivity index (χ0) is 20.2. The number of halogens is 4. The fourth-order valence-corrected chi connectivity index (χ4v) is 2.33. The molecule has 0 radical (unpaired) electrons. The summed E-state index contributed by atoms with van der Waals surface area (Å²) in [6.45, 7) is -0.203. The van der Waals surface area contributed by atoms with Gasteiger partial charge in [0.2, 0.25) is 5.91 Å². The molecular weight excluding hydrogens is 389 g/mol. The van der Waals surface area contributed by atoms with Crippen molar-refractivity contribution >= 4 is 29.3 Å². The van der Waals surface area contributed by atoms with Crippen molar-refractivity contribution in [3.63, 3.8) is 0 Å². The van der Waals surface area contributed by atoms with Crippen LogP contribution in [0, 0.1) is 10.1 Å². The van der Waals surface area contributed by atoms with E-state index in [-0.39, 0.29) is 29.1 Å². The lowest BCUT2D eigenvalue weighted by molar-refractivity contribution is -0.384. The number of amides is 1. The number of benzene rings is 2. The number of phenols is 1.